The average molecular weight is 436 g/mol. The molecule has 0 saturated heterocycles. The lowest BCUT2D eigenvalue weighted by molar-refractivity contribution is -0.134. The number of carbonyl (C=O) groups excluding carboxylic acids is 1. The second-order valence-corrected chi connectivity index (χ2v) is 8.56. The molecule has 8 heteroatoms. The van der Waals surface area contributed by atoms with Gasteiger partial charge in [-0.1, -0.05) is 12.1 Å². The predicted octanol–water partition coefficient (Wildman–Crippen LogP) is 6.21. The second kappa shape index (κ2) is 8.26. The normalized spacial score (nSPS) is 19.6. The molecule has 1 fully saturated rings. The molecule has 3 aromatic rings. The van der Waals surface area contributed by atoms with Crippen molar-refractivity contribution >= 4 is 33.0 Å². The molecule has 0 bridgehead atoms. The number of carbonyl (C=O) groups is 1. The molecule has 1 heterocycles. The van der Waals surface area contributed by atoms with E-state index in [2.05, 4.69) is 10.6 Å². The third-order valence-corrected chi connectivity index (χ3v) is 6.58. The zero-order valence-corrected chi connectivity index (χ0v) is 16.7. The van der Waals surface area contributed by atoms with Gasteiger partial charge in [0.15, 0.2) is 0 Å². The van der Waals surface area contributed by atoms with E-state index < -0.39 is 11.1 Å². The van der Waals surface area contributed by atoms with Crippen LogP contribution in [-0.4, -0.2) is 18.0 Å². The van der Waals surface area contributed by atoms with Crippen molar-refractivity contribution in [2.24, 2.45) is 0 Å². The maximum absolute atomic E-state index is 13.0. The number of benzene rings is 2. The van der Waals surface area contributed by atoms with Crippen molar-refractivity contribution in [2.45, 2.75) is 43.9 Å². The van der Waals surface area contributed by atoms with E-state index in [4.69, 9.17) is 0 Å². The number of halogens is 4. The first-order valence-electron chi connectivity index (χ1n) is 9.72. The molecule has 0 atom stereocenters. The number of fused-ring (bicyclic) bond motifs is 1. The number of alkyl halides is 3. The smallest absolute Gasteiger partial charge is 0.381 e. The fourth-order valence-corrected chi connectivity index (χ4v) is 4.79. The summed E-state index contributed by atoms with van der Waals surface area (Å²) < 4.78 is 52.7. The lowest BCUT2D eigenvalue weighted by Crippen LogP contribution is -2.40. The Hall–Kier alpha value is -2.61. The molecule has 1 aliphatic rings. The Labute approximate surface area is 175 Å². The second-order valence-electron chi connectivity index (χ2n) is 7.51. The van der Waals surface area contributed by atoms with Crippen LogP contribution >= 0.6 is 11.3 Å². The molecule has 3 nitrogen and oxygen atoms in total. The maximum atomic E-state index is 13.0. The first-order valence-corrected chi connectivity index (χ1v) is 10.5. The molecule has 2 aromatic carbocycles. The fraction of sp³-hybridized carbons (Fsp3) is 0.318. The first-order chi connectivity index (χ1) is 14.3. The highest BCUT2D eigenvalue weighted by Gasteiger charge is 2.33. The van der Waals surface area contributed by atoms with Gasteiger partial charge in [-0.15, -0.1) is 11.3 Å². The Morgan fingerprint density at radius 2 is 1.63 bits per heavy atom. The summed E-state index contributed by atoms with van der Waals surface area (Å²) in [5, 5.41) is 6.95. The van der Waals surface area contributed by atoms with Gasteiger partial charge in [-0.25, -0.2) is 4.39 Å². The van der Waals surface area contributed by atoms with Gasteiger partial charge in [0, 0.05) is 17.6 Å². The molecule has 1 amide bonds. The number of rotatable bonds is 4. The van der Waals surface area contributed by atoms with Gasteiger partial charge in [0.1, 0.15) is 10.7 Å². The highest BCUT2D eigenvalue weighted by molar-refractivity contribution is 7.19. The average Bonchev–Trinajstić information content (AvgIpc) is 3.16. The van der Waals surface area contributed by atoms with E-state index in [1.165, 1.54) is 30.3 Å². The zero-order chi connectivity index (χ0) is 21.3. The Balaban J connectivity index is 1.36. The standard InChI is InChI=1S/C22H20F4N2OS/c23-15-6-4-13(5-7-15)21(29)28-17-10-8-16(9-11-17)27-18-3-1-2-14-12-19(22(24,25)26)30-20(14)18/h1-7,12,16-17,27H,8-11H2,(H,28,29)/t16-,17+. The maximum Gasteiger partial charge on any atom is 0.425 e. The molecule has 0 unspecified atom stereocenters. The summed E-state index contributed by atoms with van der Waals surface area (Å²) in [5.41, 5.74) is 1.13. The van der Waals surface area contributed by atoms with Crippen LogP contribution in [0.1, 0.15) is 40.9 Å². The van der Waals surface area contributed by atoms with Crippen LogP contribution in [0.15, 0.2) is 48.5 Å². The van der Waals surface area contributed by atoms with Gasteiger partial charge in [0.05, 0.1) is 10.4 Å². The molecule has 4 rings (SSSR count). The Morgan fingerprint density at radius 1 is 0.967 bits per heavy atom. The van der Waals surface area contributed by atoms with Crippen molar-refractivity contribution in [1.82, 2.24) is 5.32 Å². The summed E-state index contributed by atoms with van der Waals surface area (Å²) in [7, 11) is 0. The van der Waals surface area contributed by atoms with Crippen LogP contribution in [0.5, 0.6) is 0 Å². The molecule has 2 N–H and O–H groups in total. The minimum absolute atomic E-state index is 0.0231. The Morgan fingerprint density at radius 3 is 2.30 bits per heavy atom. The molecular formula is C22H20F4N2OS. The van der Waals surface area contributed by atoms with Gasteiger partial charge in [-0.2, -0.15) is 13.2 Å². The lowest BCUT2D eigenvalue weighted by Gasteiger charge is -2.30. The third-order valence-electron chi connectivity index (χ3n) is 5.35. The van der Waals surface area contributed by atoms with Crippen molar-refractivity contribution in [3.8, 4) is 0 Å². The van der Waals surface area contributed by atoms with Crippen LogP contribution in [0.4, 0.5) is 23.2 Å². The quantitative estimate of drug-likeness (QED) is 0.477. The molecule has 30 heavy (non-hydrogen) atoms. The molecule has 1 aliphatic carbocycles. The molecule has 0 aliphatic heterocycles. The van der Waals surface area contributed by atoms with Gasteiger partial charge in [0.2, 0.25) is 0 Å². The topological polar surface area (TPSA) is 41.1 Å². The first kappa shape index (κ1) is 20.7. The highest BCUT2D eigenvalue weighted by atomic mass is 32.1. The van der Waals surface area contributed by atoms with Gasteiger partial charge in [-0.05, 0) is 67.5 Å². The van der Waals surface area contributed by atoms with Crippen molar-refractivity contribution in [2.75, 3.05) is 5.32 Å². The molecule has 158 valence electrons. The Bertz CT molecular complexity index is 1040. The molecule has 1 saturated carbocycles. The molecule has 0 spiro atoms. The van der Waals surface area contributed by atoms with Gasteiger partial charge in [-0.3, -0.25) is 4.79 Å². The molecule has 0 radical (unpaired) electrons. The summed E-state index contributed by atoms with van der Waals surface area (Å²) in [6.07, 6.45) is -1.23. The lowest BCUT2D eigenvalue weighted by atomic mass is 9.90. The summed E-state index contributed by atoms with van der Waals surface area (Å²) in [6, 6.07) is 12.0. The minimum Gasteiger partial charge on any atom is -0.381 e. The van der Waals surface area contributed by atoms with E-state index in [-0.39, 0.29) is 23.8 Å². The summed E-state index contributed by atoms with van der Waals surface area (Å²) in [4.78, 5) is 11.7. The van der Waals surface area contributed by atoms with Crippen LogP contribution in [0.25, 0.3) is 10.1 Å². The zero-order valence-electron chi connectivity index (χ0n) is 15.9. The van der Waals surface area contributed by atoms with Crippen molar-refractivity contribution in [3.05, 3.63) is 64.8 Å². The van der Waals surface area contributed by atoms with Crippen LogP contribution < -0.4 is 10.6 Å². The SMILES string of the molecule is O=C(N[C@H]1CC[C@@H](Nc2cccc3cc(C(F)(F)F)sc23)CC1)c1ccc(F)cc1. The summed E-state index contributed by atoms with van der Waals surface area (Å²) >= 11 is 0.756. The number of amides is 1. The van der Waals surface area contributed by atoms with Crippen molar-refractivity contribution in [1.29, 1.82) is 0 Å². The van der Waals surface area contributed by atoms with E-state index in [1.54, 1.807) is 18.2 Å². The number of hydrogen-bond acceptors (Lipinski definition) is 3. The number of nitrogens with one attached hydrogen (secondary N) is 2. The fourth-order valence-electron chi connectivity index (χ4n) is 3.79. The third kappa shape index (κ3) is 4.59. The number of hydrogen-bond donors (Lipinski definition) is 2. The van der Waals surface area contributed by atoms with E-state index >= 15 is 0 Å². The summed E-state index contributed by atoms with van der Waals surface area (Å²) in [6.45, 7) is 0. The van der Waals surface area contributed by atoms with Crippen molar-refractivity contribution in [3.63, 3.8) is 0 Å². The van der Waals surface area contributed by atoms with E-state index in [0.29, 0.717) is 21.3 Å². The Kier molecular flexibility index (Phi) is 5.69. The van der Waals surface area contributed by atoms with E-state index in [9.17, 15) is 22.4 Å². The minimum atomic E-state index is -4.35. The van der Waals surface area contributed by atoms with Crippen molar-refractivity contribution < 1.29 is 22.4 Å². The van der Waals surface area contributed by atoms with Crippen LogP contribution in [-0.2, 0) is 6.18 Å². The summed E-state index contributed by atoms with van der Waals surface area (Å²) in [5.74, 6) is -0.615. The largest absolute Gasteiger partial charge is 0.425 e. The highest BCUT2D eigenvalue weighted by Crippen LogP contribution is 2.41. The van der Waals surface area contributed by atoms with Crippen LogP contribution in [0, 0.1) is 5.82 Å². The van der Waals surface area contributed by atoms with Gasteiger partial charge >= 0.3 is 6.18 Å². The monoisotopic (exact) mass is 436 g/mol. The molecular weight excluding hydrogens is 416 g/mol. The molecule has 1 aromatic heterocycles. The van der Waals surface area contributed by atoms with E-state index in [0.717, 1.165) is 37.0 Å². The van der Waals surface area contributed by atoms with Gasteiger partial charge < -0.3 is 10.6 Å². The van der Waals surface area contributed by atoms with E-state index in [1.807, 2.05) is 0 Å². The predicted molar refractivity (Wildman–Crippen MR) is 110 cm³/mol. The van der Waals surface area contributed by atoms with Crippen LogP contribution in [0.2, 0.25) is 0 Å². The van der Waals surface area contributed by atoms with Crippen LogP contribution in [0.3, 0.4) is 0 Å². The van der Waals surface area contributed by atoms with Gasteiger partial charge in [0.25, 0.3) is 5.91 Å². The number of anilines is 1. The number of thiophene rings is 1.